The molecule has 0 aromatic heterocycles. The predicted molar refractivity (Wildman–Crippen MR) is 82.0 cm³/mol. The lowest BCUT2D eigenvalue weighted by Gasteiger charge is -2.10. The number of hydrogen-bond acceptors (Lipinski definition) is 2. The van der Waals surface area contributed by atoms with Gasteiger partial charge in [0.15, 0.2) is 6.29 Å². The molecule has 1 unspecified atom stereocenters. The van der Waals surface area contributed by atoms with E-state index < -0.39 is 6.29 Å². The van der Waals surface area contributed by atoms with Crippen molar-refractivity contribution in [2.75, 3.05) is 0 Å². The third-order valence-electron chi connectivity index (χ3n) is 3.34. The van der Waals surface area contributed by atoms with Gasteiger partial charge in [-0.15, -0.1) is 0 Å². The summed E-state index contributed by atoms with van der Waals surface area (Å²) in [5.41, 5.74) is 0. The number of aliphatic hydroxyl groups is 2. The molecular weight excluding hydrogens is 292 g/mol. The van der Waals surface area contributed by atoms with E-state index >= 15 is 0 Å². The lowest BCUT2D eigenvalue weighted by Crippen LogP contribution is -2.11. The Bertz CT molecular complexity index is 163. The number of aliphatic hydroxyl groups excluding tert-OH is 1. The van der Waals surface area contributed by atoms with Crippen LogP contribution in [-0.2, 0) is 0 Å². The Morgan fingerprint density at radius 2 is 1.22 bits per heavy atom. The molecule has 3 heteroatoms. The van der Waals surface area contributed by atoms with Gasteiger partial charge in [-0.3, -0.25) is 0 Å². The summed E-state index contributed by atoms with van der Waals surface area (Å²) in [5, 5.41) is 17.6. The van der Waals surface area contributed by atoms with Crippen LogP contribution in [0.15, 0.2) is 0 Å². The van der Waals surface area contributed by atoms with Gasteiger partial charge in [0.1, 0.15) is 0 Å². The van der Waals surface area contributed by atoms with Crippen molar-refractivity contribution < 1.29 is 10.2 Å². The summed E-state index contributed by atoms with van der Waals surface area (Å²) in [6.07, 6.45) is 13.8. The second-order valence-corrected chi connectivity index (χ2v) is 6.58. The molecule has 2 N–H and O–H groups in total. The zero-order valence-electron chi connectivity index (χ0n) is 11.9. The van der Waals surface area contributed by atoms with Gasteiger partial charge in [0.25, 0.3) is 0 Å². The molecule has 0 spiro atoms. The summed E-state index contributed by atoms with van der Waals surface area (Å²) in [4.78, 5) is 0.256. The van der Waals surface area contributed by atoms with Crippen molar-refractivity contribution in [2.24, 2.45) is 0 Å². The number of rotatable bonds is 13. The van der Waals surface area contributed by atoms with Crippen molar-refractivity contribution in [1.29, 1.82) is 0 Å². The van der Waals surface area contributed by atoms with E-state index in [4.69, 9.17) is 10.2 Å². The molecule has 0 fully saturated rings. The molecular formula is C15H31BrO2. The van der Waals surface area contributed by atoms with Gasteiger partial charge in [-0.05, 0) is 6.42 Å². The van der Waals surface area contributed by atoms with E-state index in [9.17, 15) is 0 Å². The average molecular weight is 323 g/mol. The Labute approximate surface area is 121 Å². The van der Waals surface area contributed by atoms with Crippen LogP contribution in [0, 0.1) is 0 Å². The normalized spacial score (nSPS) is 13.2. The van der Waals surface area contributed by atoms with Gasteiger partial charge in [-0.2, -0.15) is 0 Å². The number of unbranched alkanes of at least 4 members (excludes halogenated alkanes) is 9. The molecule has 0 heterocycles. The Kier molecular flexibility index (Phi) is 14.1. The van der Waals surface area contributed by atoms with E-state index in [1.807, 2.05) is 0 Å². The number of hydrogen-bond donors (Lipinski definition) is 2. The van der Waals surface area contributed by atoms with Gasteiger partial charge < -0.3 is 10.2 Å². The maximum atomic E-state index is 8.81. The zero-order chi connectivity index (χ0) is 13.6. The Balaban J connectivity index is 3.07. The fraction of sp³-hybridized carbons (Fsp3) is 1.00. The highest BCUT2D eigenvalue weighted by atomic mass is 79.9. The molecule has 0 aliphatic rings. The van der Waals surface area contributed by atoms with E-state index in [2.05, 4.69) is 22.9 Å². The van der Waals surface area contributed by atoms with Gasteiger partial charge in [-0.25, -0.2) is 0 Å². The van der Waals surface area contributed by atoms with Gasteiger partial charge in [0, 0.05) is 11.2 Å². The first-order chi connectivity index (χ1) is 8.66. The van der Waals surface area contributed by atoms with E-state index in [0.717, 1.165) is 6.42 Å². The molecule has 0 aliphatic carbocycles. The molecule has 1 atom stereocenters. The maximum absolute atomic E-state index is 8.81. The molecule has 0 amide bonds. The molecule has 2 nitrogen and oxygen atoms in total. The molecule has 0 saturated carbocycles. The molecule has 0 aromatic rings. The van der Waals surface area contributed by atoms with E-state index in [1.165, 1.54) is 64.2 Å². The lowest BCUT2D eigenvalue weighted by molar-refractivity contribution is -0.0450. The lowest BCUT2D eigenvalue weighted by atomic mass is 10.0. The summed E-state index contributed by atoms with van der Waals surface area (Å²) in [5.74, 6) is 0. The van der Waals surface area contributed by atoms with Crippen LogP contribution in [0.3, 0.4) is 0 Å². The summed E-state index contributed by atoms with van der Waals surface area (Å²) < 4.78 is 0. The summed E-state index contributed by atoms with van der Waals surface area (Å²) >= 11 is 3.48. The third kappa shape index (κ3) is 14.5. The molecule has 0 saturated heterocycles. The maximum Gasteiger partial charge on any atom is 0.152 e. The monoisotopic (exact) mass is 322 g/mol. The largest absolute Gasteiger partial charge is 0.368 e. The number of alkyl halides is 1. The fourth-order valence-electron chi connectivity index (χ4n) is 2.20. The second kappa shape index (κ2) is 13.8. The SMILES string of the molecule is CCCCCCCCCCCCC(Br)CC(O)O. The summed E-state index contributed by atoms with van der Waals surface area (Å²) in [6.45, 7) is 2.26. The van der Waals surface area contributed by atoms with Crippen LogP contribution in [0.25, 0.3) is 0 Å². The van der Waals surface area contributed by atoms with Crippen LogP contribution in [0.4, 0.5) is 0 Å². The highest BCUT2D eigenvalue weighted by molar-refractivity contribution is 9.09. The first kappa shape index (κ1) is 18.4. The predicted octanol–water partition coefficient (Wildman–Crippen LogP) is 4.76. The minimum Gasteiger partial charge on any atom is -0.368 e. The van der Waals surface area contributed by atoms with Crippen LogP contribution in [0.1, 0.15) is 84.0 Å². The fourth-order valence-corrected chi connectivity index (χ4v) is 2.86. The van der Waals surface area contributed by atoms with Crippen LogP contribution < -0.4 is 0 Å². The molecule has 0 aromatic carbocycles. The quantitative estimate of drug-likeness (QED) is 0.291. The highest BCUT2D eigenvalue weighted by Crippen LogP contribution is 2.17. The van der Waals surface area contributed by atoms with Crippen molar-refractivity contribution in [3.05, 3.63) is 0 Å². The molecule has 18 heavy (non-hydrogen) atoms. The summed E-state index contributed by atoms with van der Waals surface area (Å²) in [7, 11) is 0. The van der Waals surface area contributed by atoms with Crippen LogP contribution in [0.2, 0.25) is 0 Å². The number of halogens is 1. The van der Waals surface area contributed by atoms with Crippen LogP contribution >= 0.6 is 15.9 Å². The van der Waals surface area contributed by atoms with Crippen molar-refractivity contribution >= 4 is 15.9 Å². The minimum absolute atomic E-state index is 0.256. The van der Waals surface area contributed by atoms with Crippen LogP contribution in [-0.4, -0.2) is 21.3 Å². The van der Waals surface area contributed by atoms with Gasteiger partial charge in [-0.1, -0.05) is 87.1 Å². The highest BCUT2D eigenvalue weighted by Gasteiger charge is 2.08. The average Bonchev–Trinajstić information content (AvgIpc) is 2.30. The summed E-state index contributed by atoms with van der Waals surface area (Å²) in [6, 6.07) is 0. The van der Waals surface area contributed by atoms with Gasteiger partial charge >= 0.3 is 0 Å². The first-order valence-corrected chi connectivity index (χ1v) is 8.58. The molecule has 0 bridgehead atoms. The van der Waals surface area contributed by atoms with Gasteiger partial charge in [0.2, 0.25) is 0 Å². The Morgan fingerprint density at radius 1 is 0.778 bits per heavy atom. The molecule has 110 valence electrons. The van der Waals surface area contributed by atoms with Crippen molar-refractivity contribution in [3.63, 3.8) is 0 Å². The minimum atomic E-state index is -1.17. The van der Waals surface area contributed by atoms with Crippen LogP contribution in [0.5, 0.6) is 0 Å². The second-order valence-electron chi connectivity index (χ2n) is 5.28. The third-order valence-corrected chi connectivity index (χ3v) is 4.17. The molecule has 0 aliphatic heterocycles. The topological polar surface area (TPSA) is 40.5 Å². The standard InChI is InChI=1S/C15H31BrO2/c1-2-3-4-5-6-7-8-9-10-11-12-14(16)13-15(17)18/h14-15,17-18H,2-13H2,1H3. The van der Waals surface area contributed by atoms with Gasteiger partial charge in [0.05, 0.1) is 0 Å². The van der Waals surface area contributed by atoms with E-state index in [1.54, 1.807) is 0 Å². The van der Waals surface area contributed by atoms with Crippen molar-refractivity contribution in [1.82, 2.24) is 0 Å². The molecule has 0 radical (unpaired) electrons. The van der Waals surface area contributed by atoms with Crippen molar-refractivity contribution in [2.45, 2.75) is 95.1 Å². The Morgan fingerprint density at radius 3 is 1.67 bits per heavy atom. The van der Waals surface area contributed by atoms with E-state index in [-0.39, 0.29) is 4.83 Å². The first-order valence-electron chi connectivity index (χ1n) is 7.67. The zero-order valence-corrected chi connectivity index (χ0v) is 13.5. The Hall–Kier alpha value is 0.400. The molecule has 0 rings (SSSR count). The van der Waals surface area contributed by atoms with E-state index in [0.29, 0.717) is 6.42 Å². The smallest absolute Gasteiger partial charge is 0.152 e. The van der Waals surface area contributed by atoms with Crippen molar-refractivity contribution in [3.8, 4) is 0 Å².